The second-order valence-electron chi connectivity index (χ2n) is 3.45. The van der Waals surface area contributed by atoms with E-state index in [-0.39, 0.29) is 11.9 Å². The summed E-state index contributed by atoms with van der Waals surface area (Å²) in [5.41, 5.74) is 1.11. The minimum Gasteiger partial charge on any atom is -0.371 e. The van der Waals surface area contributed by atoms with Gasteiger partial charge in [-0.25, -0.2) is 4.39 Å². The molecule has 15 heavy (non-hydrogen) atoms. The van der Waals surface area contributed by atoms with Gasteiger partial charge in [-0.05, 0) is 23.8 Å². The van der Waals surface area contributed by atoms with Crippen molar-refractivity contribution in [3.8, 4) is 0 Å². The first-order valence-corrected chi connectivity index (χ1v) is 4.88. The van der Waals surface area contributed by atoms with E-state index in [1.165, 1.54) is 18.2 Å². The van der Waals surface area contributed by atoms with Crippen LogP contribution in [0.2, 0.25) is 0 Å². The molecular formula is C11H12FNO2. The Morgan fingerprint density at radius 1 is 1.53 bits per heavy atom. The van der Waals surface area contributed by atoms with Gasteiger partial charge < -0.3 is 10.1 Å². The highest BCUT2D eigenvalue weighted by molar-refractivity contribution is 5.77. The molecular weight excluding hydrogens is 197 g/mol. The summed E-state index contributed by atoms with van der Waals surface area (Å²) in [5, 5.41) is 3.14. The zero-order valence-corrected chi connectivity index (χ0v) is 8.20. The zero-order chi connectivity index (χ0) is 10.7. The third-order valence-electron chi connectivity index (χ3n) is 2.45. The summed E-state index contributed by atoms with van der Waals surface area (Å²) in [4.78, 5) is 10.8. The first-order valence-electron chi connectivity index (χ1n) is 4.88. The molecule has 4 heteroatoms. The minimum atomic E-state index is -0.343. The van der Waals surface area contributed by atoms with Crippen LogP contribution in [0.4, 0.5) is 4.39 Å². The number of aldehydes is 1. The predicted molar refractivity (Wildman–Crippen MR) is 53.4 cm³/mol. The van der Waals surface area contributed by atoms with Crippen LogP contribution < -0.4 is 5.32 Å². The summed E-state index contributed by atoms with van der Waals surface area (Å²) in [6.07, 6.45) is 0.502. The fraction of sp³-hybridized carbons (Fsp3) is 0.364. The van der Waals surface area contributed by atoms with E-state index in [9.17, 15) is 9.18 Å². The number of hydrogen-bond acceptors (Lipinski definition) is 3. The molecule has 1 saturated heterocycles. The van der Waals surface area contributed by atoms with Crippen molar-refractivity contribution in [1.82, 2.24) is 5.32 Å². The van der Waals surface area contributed by atoms with Gasteiger partial charge in [0.1, 0.15) is 12.1 Å². The van der Waals surface area contributed by atoms with Gasteiger partial charge in [0.15, 0.2) is 0 Å². The van der Waals surface area contributed by atoms with Crippen molar-refractivity contribution in [2.75, 3.05) is 19.7 Å². The molecule has 0 bridgehead atoms. The zero-order valence-electron chi connectivity index (χ0n) is 8.20. The van der Waals surface area contributed by atoms with Gasteiger partial charge in [-0.3, -0.25) is 4.79 Å². The van der Waals surface area contributed by atoms with E-state index in [1.54, 1.807) is 0 Å². The standard InChI is InChI=1S/C11H12FNO2/c12-9-2-1-8(7-14)10(5-9)11-6-13-3-4-15-11/h1-2,5,7,11,13H,3-4,6H2. The molecule has 3 nitrogen and oxygen atoms in total. The molecule has 0 aliphatic carbocycles. The van der Waals surface area contributed by atoms with Gasteiger partial charge in [-0.1, -0.05) is 0 Å². The molecule has 0 amide bonds. The lowest BCUT2D eigenvalue weighted by Gasteiger charge is -2.24. The summed E-state index contributed by atoms with van der Waals surface area (Å²) >= 11 is 0. The molecule has 1 aromatic rings. The Morgan fingerprint density at radius 3 is 3.07 bits per heavy atom. The van der Waals surface area contributed by atoms with Crippen molar-refractivity contribution < 1.29 is 13.9 Å². The molecule has 1 atom stereocenters. The number of morpholine rings is 1. The van der Waals surface area contributed by atoms with E-state index in [0.717, 1.165) is 12.8 Å². The van der Waals surface area contributed by atoms with Crippen molar-refractivity contribution in [2.24, 2.45) is 0 Å². The average Bonchev–Trinajstić information content (AvgIpc) is 2.30. The summed E-state index contributed by atoms with van der Waals surface area (Å²) in [6, 6.07) is 4.13. The van der Waals surface area contributed by atoms with E-state index in [1.807, 2.05) is 0 Å². The summed E-state index contributed by atoms with van der Waals surface area (Å²) < 4.78 is 18.5. The number of nitrogens with one attached hydrogen (secondary N) is 1. The van der Waals surface area contributed by atoms with Gasteiger partial charge in [0.2, 0.25) is 0 Å². The molecule has 1 aliphatic heterocycles. The van der Waals surface area contributed by atoms with Crippen LogP contribution in [-0.4, -0.2) is 26.0 Å². The third-order valence-corrected chi connectivity index (χ3v) is 2.45. The van der Waals surface area contributed by atoms with Crippen molar-refractivity contribution in [1.29, 1.82) is 0 Å². The SMILES string of the molecule is O=Cc1ccc(F)cc1C1CNCCO1. The Bertz CT molecular complexity index is 362. The second-order valence-corrected chi connectivity index (χ2v) is 3.45. The van der Waals surface area contributed by atoms with Crippen molar-refractivity contribution in [2.45, 2.75) is 6.10 Å². The number of benzene rings is 1. The van der Waals surface area contributed by atoms with Crippen LogP contribution in [0.25, 0.3) is 0 Å². The molecule has 0 aromatic heterocycles. The summed E-state index contributed by atoms with van der Waals surface area (Å²) in [5.74, 6) is -0.343. The smallest absolute Gasteiger partial charge is 0.150 e. The summed E-state index contributed by atoms with van der Waals surface area (Å²) in [6.45, 7) is 1.99. The molecule has 1 aliphatic rings. The predicted octanol–water partition coefficient (Wildman–Crippen LogP) is 1.30. The van der Waals surface area contributed by atoms with Gasteiger partial charge in [0.25, 0.3) is 0 Å². The average molecular weight is 209 g/mol. The van der Waals surface area contributed by atoms with Crippen LogP contribution in [0.1, 0.15) is 22.0 Å². The van der Waals surface area contributed by atoms with E-state index in [4.69, 9.17) is 4.74 Å². The quantitative estimate of drug-likeness (QED) is 0.746. The fourth-order valence-corrected chi connectivity index (χ4v) is 1.70. The maximum Gasteiger partial charge on any atom is 0.150 e. The van der Waals surface area contributed by atoms with Gasteiger partial charge in [-0.2, -0.15) is 0 Å². The van der Waals surface area contributed by atoms with Crippen LogP contribution in [0.3, 0.4) is 0 Å². The largest absolute Gasteiger partial charge is 0.371 e. The lowest BCUT2D eigenvalue weighted by atomic mass is 10.0. The third kappa shape index (κ3) is 2.22. The van der Waals surface area contributed by atoms with Gasteiger partial charge >= 0.3 is 0 Å². The topological polar surface area (TPSA) is 38.3 Å². The lowest BCUT2D eigenvalue weighted by molar-refractivity contribution is 0.0271. The lowest BCUT2D eigenvalue weighted by Crippen LogP contribution is -2.33. The number of hydrogen-bond donors (Lipinski definition) is 1. The highest BCUT2D eigenvalue weighted by atomic mass is 19.1. The van der Waals surface area contributed by atoms with Gasteiger partial charge in [0.05, 0.1) is 12.7 Å². The van der Waals surface area contributed by atoms with Crippen LogP contribution in [-0.2, 0) is 4.74 Å². The van der Waals surface area contributed by atoms with E-state index in [2.05, 4.69) is 5.32 Å². The summed E-state index contributed by atoms with van der Waals surface area (Å²) in [7, 11) is 0. The van der Waals surface area contributed by atoms with Crippen LogP contribution in [0.5, 0.6) is 0 Å². The number of carbonyl (C=O) groups excluding carboxylic acids is 1. The Kier molecular flexibility index (Phi) is 3.08. The Morgan fingerprint density at radius 2 is 2.40 bits per heavy atom. The number of halogens is 1. The number of carbonyl (C=O) groups is 1. The van der Waals surface area contributed by atoms with Crippen molar-refractivity contribution in [3.63, 3.8) is 0 Å². The molecule has 1 unspecified atom stereocenters. The minimum absolute atomic E-state index is 0.227. The van der Waals surface area contributed by atoms with E-state index < -0.39 is 0 Å². The molecule has 80 valence electrons. The van der Waals surface area contributed by atoms with Crippen LogP contribution in [0, 0.1) is 5.82 Å². The van der Waals surface area contributed by atoms with Crippen molar-refractivity contribution in [3.05, 3.63) is 35.1 Å². The second kappa shape index (κ2) is 4.51. The molecule has 1 N–H and O–H groups in total. The maximum atomic E-state index is 13.0. The highest BCUT2D eigenvalue weighted by Gasteiger charge is 2.19. The van der Waals surface area contributed by atoms with Crippen LogP contribution in [0.15, 0.2) is 18.2 Å². The highest BCUT2D eigenvalue weighted by Crippen LogP contribution is 2.22. The van der Waals surface area contributed by atoms with Gasteiger partial charge in [0, 0.05) is 18.7 Å². The molecule has 0 radical (unpaired) electrons. The Labute approximate surface area is 87.2 Å². The van der Waals surface area contributed by atoms with Gasteiger partial charge in [-0.15, -0.1) is 0 Å². The maximum absolute atomic E-state index is 13.0. The number of ether oxygens (including phenoxy) is 1. The molecule has 0 saturated carbocycles. The van der Waals surface area contributed by atoms with Crippen LogP contribution >= 0.6 is 0 Å². The van der Waals surface area contributed by atoms with E-state index >= 15 is 0 Å². The monoisotopic (exact) mass is 209 g/mol. The Balaban J connectivity index is 2.31. The van der Waals surface area contributed by atoms with E-state index in [0.29, 0.717) is 24.3 Å². The molecule has 1 fully saturated rings. The Hall–Kier alpha value is -1.26. The number of rotatable bonds is 2. The molecule has 1 heterocycles. The molecule has 0 spiro atoms. The molecule has 2 rings (SSSR count). The first kappa shape index (κ1) is 10.3. The molecule has 1 aromatic carbocycles. The van der Waals surface area contributed by atoms with Crippen molar-refractivity contribution >= 4 is 6.29 Å². The normalized spacial score (nSPS) is 21.3. The first-order chi connectivity index (χ1) is 7.31. The fourth-order valence-electron chi connectivity index (χ4n) is 1.70.